The average molecular weight is 446 g/mol. The molecular weight excluding hydrogens is 423 g/mol. The molecule has 1 amide bonds. The van der Waals surface area contributed by atoms with Crippen molar-refractivity contribution < 1.29 is 18.4 Å². The Morgan fingerprint density at radius 1 is 1.18 bits per heavy atom. The van der Waals surface area contributed by atoms with E-state index in [9.17, 15) is 9.18 Å². The van der Waals surface area contributed by atoms with E-state index in [-0.39, 0.29) is 17.5 Å². The van der Waals surface area contributed by atoms with Gasteiger partial charge in [-0.15, -0.1) is 0 Å². The summed E-state index contributed by atoms with van der Waals surface area (Å²) in [5, 5.41) is 3.98. The van der Waals surface area contributed by atoms with E-state index < -0.39 is 5.60 Å². The summed E-state index contributed by atoms with van der Waals surface area (Å²) < 4.78 is 25.0. The van der Waals surface area contributed by atoms with E-state index in [0.29, 0.717) is 37.2 Å². The van der Waals surface area contributed by atoms with E-state index >= 15 is 0 Å². The van der Waals surface area contributed by atoms with Crippen molar-refractivity contribution >= 4 is 11.6 Å². The number of para-hydroxylation sites is 1. The number of benzene rings is 2. The van der Waals surface area contributed by atoms with Crippen LogP contribution in [0.3, 0.4) is 0 Å². The Hall–Kier alpha value is -3.94. The standard InChI is InChI=1S/C25H23FN4O3/c1-28-23-18-4-2-3-5-21(18)32-25(19(23)15-27)10-12-30(13-11-25)24(31)22-14-20(29-33-22)16-6-8-17(26)9-7-16/h2-9,14-15H,10-13,27H2,1H3/b19-15+,28-23?. The van der Waals surface area contributed by atoms with Crippen LogP contribution in [0, 0.1) is 5.82 Å². The van der Waals surface area contributed by atoms with E-state index in [0.717, 1.165) is 22.6 Å². The van der Waals surface area contributed by atoms with Gasteiger partial charge in [-0.25, -0.2) is 4.39 Å². The topological polar surface area (TPSA) is 94.0 Å². The lowest BCUT2D eigenvalue weighted by molar-refractivity contribution is 0.0265. The smallest absolute Gasteiger partial charge is 0.292 e. The zero-order chi connectivity index (χ0) is 23.0. The van der Waals surface area contributed by atoms with Gasteiger partial charge < -0.3 is 19.9 Å². The van der Waals surface area contributed by atoms with Crippen LogP contribution >= 0.6 is 0 Å². The molecule has 2 aromatic carbocycles. The maximum Gasteiger partial charge on any atom is 0.292 e. The Morgan fingerprint density at radius 3 is 2.61 bits per heavy atom. The van der Waals surface area contributed by atoms with Gasteiger partial charge in [-0.2, -0.15) is 0 Å². The second-order valence-electron chi connectivity index (χ2n) is 8.12. The molecule has 0 unspecified atom stereocenters. The lowest BCUT2D eigenvalue weighted by Crippen LogP contribution is -2.54. The summed E-state index contributed by atoms with van der Waals surface area (Å²) in [6, 6.07) is 15.2. The highest BCUT2D eigenvalue weighted by molar-refractivity contribution is 6.16. The summed E-state index contributed by atoms with van der Waals surface area (Å²) in [7, 11) is 1.75. The molecule has 7 nitrogen and oxygen atoms in total. The van der Waals surface area contributed by atoms with Gasteiger partial charge in [0.05, 0.1) is 5.71 Å². The van der Waals surface area contributed by atoms with Crippen LogP contribution in [0.15, 0.2) is 75.9 Å². The fourth-order valence-corrected chi connectivity index (χ4v) is 4.58. The molecule has 5 rings (SSSR count). The zero-order valence-electron chi connectivity index (χ0n) is 18.1. The third-order valence-corrected chi connectivity index (χ3v) is 6.30. The number of nitrogens with zero attached hydrogens (tertiary/aromatic N) is 3. The Morgan fingerprint density at radius 2 is 1.91 bits per heavy atom. The molecule has 3 heterocycles. The molecule has 0 radical (unpaired) electrons. The molecule has 2 aliphatic heterocycles. The first-order valence-electron chi connectivity index (χ1n) is 10.7. The third-order valence-electron chi connectivity index (χ3n) is 6.30. The fraction of sp³-hybridized carbons (Fsp3) is 0.240. The van der Waals surface area contributed by atoms with E-state index in [2.05, 4.69) is 10.1 Å². The molecule has 2 N–H and O–H groups in total. The molecule has 3 aromatic rings. The number of carbonyl (C=O) groups is 1. The normalized spacial score (nSPS) is 19.5. The van der Waals surface area contributed by atoms with Crippen LogP contribution in [0.4, 0.5) is 4.39 Å². The zero-order valence-corrected chi connectivity index (χ0v) is 18.1. The molecular formula is C25H23FN4O3. The number of halogens is 1. The quantitative estimate of drug-likeness (QED) is 0.646. The Balaban J connectivity index is 1.35. The van der Waals surface area contributed by atoms with Gasteiger partial charge in [0.2, 0.25) is 5.76 Å². The van der Waals surface area contributed by atoms with E-state index in [1.807, 2.05) is 24.3 Å². The number of carbonyl (C=O) groups excluding carboxylic acids is 1. The molecule has 0 aliphatic carbocycles. The summed E-state index contributed by atoms with van der Waals surface area (Å²) in [4.78, 5) is 19.3. The predicted octanol–water partition coefficient (Wildman–Crippen LogP) is 3.81. The maximum absolute atomic E-state index is 13.2. The van der Waals surface area contributed by atoms with Gasteiger partial charge in [0.1, 0.15) is 22.9 Å². The third kappa shape index (κ3) is 3.57. The summed E-state index contributed by atoms with van der Waals surface area (Å²) in [5.74, 6) is 0.327. The Kier molecular flexibility index (Phi) is 5.20. The Labute approximate surface area is 190 Å². The highest BCUT2D eigenvalue weighted by atomic mass is 19.1. The lowest BCUT2D eigenvalue weighted by Gasteiger charge is -2.46. The van der Waals surface area contributed by atoms with Crippen LogP contribution in [0.25, 0.3) is 11.3 Å². The molecule has 0 bridgehead atoms. The molecule has 1 aromatic heterocycles. The minimum atomic E-state index is -0.643. The van der Waals surface area contributed by atoms with Crippen LogP contribution in [0.2, 0.25) is 0 Å². The SMILES string of the molecule is CN=C1/C(=C\N)C2(CCN(C(=O)c3cc(-c4ccc(F)cc4)no3)CC2)Oc2ccccc21. The van der Waals surface area contributed by atoms with Gasteiger partial charge in [0.15, 0.2) is 0 Å². The number of piperidine rings is 1. The number of rotatable bonds is 2. The van der Waals surface area contributed by atoms with E-state index in [1.54, 1.807) is 36.3 Å². The highest BCUT2D eigenvalue weighted by Gasteiger charge is 2.46. The summed E-state index contributed by atoms with van der Waals surface area (Å²) >= 11 is 0. The van der Waals surface area contributed by atoms with Gasteiger partial charge >= 0.3 is 0 Å². The summed E-state index contributed by atoms with van der Waals surface area (Å²) in [6.07, 6.45) is 2.70. The van der Waals surface area contributed by atoms with Crippen molar-refractivity contribution in [2.24, 2.45) is 10.7 Å². The predicted molar refractivity (Wildman–Crippen MR) is 122 cm³/mol. The monoisotopic (exact) mass is 446 g/mol. The molecule has 33 heavy (non-hydrogen) atoms. The Bertz CT molecular complexity index is 1250. The van der Waals surface area contributed by atoms with Crippen LogP contribution in [-0.4, -0.2) is 47.4 Å². The number of amides is 1. The van der Waals surface area contributed by atoms with Crippen LogP contribution in [0.5, 0.6) is 5.75 Å². The van der Waals surface area contributed by atoms with Crippen LogP contribution in [0.1, 0.15) is 29.0 Å². The number of likely N-dealkylation sites (tertiary alicyclic amines) is 1. The highest BCUT2D eigenvalue weighted by Crippen LogP contribution is 2.42. The van der Waals surface area contributed by atoms with Gasteiger partial charge in [0, 0.05) is 61.9 Å². The second kappa shape index (κ2) is 8.20. The van der Waals surface area contributed by atoms with Crippen molar-refractivity contribution in [1.29, 1.82) is 0 Å². The van der Waals surface area contributed by atoms with Crippen molar-refractivity contribution in [3.8, 4) is 17.0 Å². The first kappa shape index (κ1) is 20.9. The number of fused-ring (bicyclic) bond motifs is 1. The summed E-state index contributed by atoms with van der Waals surface area (Å²) in [6.45, 7) is 0.920. The average Bonchev–Trinajstić information content (AvgIpc) is 3.34. The minimum absolute atomic E-state index is 0.144. The molecule has 0 saturated carbocycles. The van der Waals surface area contributed by atoms with Crippen molar-refractivity contribution in [2.45, 2.75) is 18.4 Å². The fourth-order valence-electron chi connectivity index (χ4n) is 4.58. The molecule has 8 heteroatoms. The van der Waals surface area contributed by atoms with Crippen LogP contribution in [-0.2, 0) is 0 Å². The molecule has 2 aliphatic rings. The van der Waals surface area contributed by atoms with Crippen molar-refractivity contribution in [3.05, 3.63) is 83.5 Å². The van der Waals surface area contributed by atoms with Gasteiger partial charge in [-0.05, 0) is 36.4 Å². The molecule has 1 spiro atoms. The molecule has 1 saturated heterocycles. The number of nitrogens with two attached hydrogens (primary N) is 1. The van der Waals surface area contributed by atoms with Crippen molar-refractivity contribution in [3.63, 3.8) is 0 Å². The maximum atomic E-state index is 13.2. The molecule has 168 valence electrons. The van der Waals surface area contributed by atoms with Gasteiger partial charge in [0.25, 0.3) is 5.91 Å². The lowest BCUT2D eigenvalue weighted by atomic mass is 9.78. The number of ether oxygens (including phenoxy) is 1. The van der Waals surface area contributed by atoms with Gasteiger partial charge in [-0.3, -0.25) is 9.79 Å². The van der Waals surface area contributed by atoms with Crippen molar-refractivity contribution in [2.75, 3.05) is 20.1 Å². The molecule has 1 fully saturated rings. The van der Waals surface area contributed by atoms with Gasteiger partial charge in [-0.1, -0.05) is 17.3 Å². The van der Waals surface area contributed by atoms with Crippen LogP contribution < -0.4 is 10.5 Å². The number of aromatic nitrogens is 1. The number of aliphatic imine (C=N–C) groups is 1. The molecule has 0 atom stereocenters. The largest absolute Gasteiger partial charge is 0.482 e. The minimum Gasteiger partial charge on any atom is -0.482 e. The van der Waals surface area contributed by atoms with E-state index in [4.69, 9.17) is 15.0 Å². The first-order valence-corrected chi connectivity index (χ1v) is 10.7. The number of hydrogen-bond acceptors (Lipinski definition) is 6. The first-order chi connectivity index (χ1) is 16.0. The summed E-state index contributed by atoms with van der Waals surface area (Å²) in [5.41, 5.74) is 9.12. The second-order valence-corrected chi connectivity index (χ2v) is 8.12. The van der Waals surface area contributed by atoms with E-state index in [1.165, 1.54) is 12.1 Å². The number of hydrogen-bond donors (Lipinski definition) is 1. The van der Waals surface area contributed by atoms with Crippen molar-refractivity contribution in [1.82, 2.24) is 10.1 Å².